The van der Waals surface area contributed by atoms with Crippen molar-refractivity contribution in [2.75, 3.05) is 6.61 Å². The van der Waals surface area contributed by atoms with E-state index in [2.05, 4.69) is 48.8 Å². The van der Waals surface area contributed by atoms with Crippen molar-refractivity contribution in [2.45, 2.75) is 12.5 Å². The fourth-order valence-electron chi connectivity index (χ4n) is 2.70. The molecule has 3 N–H and O–H groups in total. The van der Waals surface area contributed by atoms with Gasteiger partial charge in [0, 0.05) is 31.2 Å². The number of carbonyl (C=O) groups is 1. The van der Waals surface area contributed by atoms with E-state index in [0.29, 0.717) is 26.5 Å². The van der Waals surface area contributed by atoms with E-state index < -0.39 is 17.7 Å². The van der Waals surface area contributed by atoms with E-state index in [-0.39, 0.29) is 18.9 Å². The highest BCUT2D eigenvalue weighted by molar-refractivity contribution is 14.1. The monoisotopic (exact) mass is 534 g/mol. The molecule has 1 aromatic heterocycles. The Labute approximate surface area is 170 Å². The third kappa shape index (κ3) is 4.07. The maximum absolute atomic E-state index is 13.5. The zero-order valence-corrected chi connectivity index (χ0v) is 17.1. The number of hydrogen-bond donors (Lipinski definition) is 3. The number of aromatic amines is 1. The molecule has 0 radical (unpaired) electrons. The number of fused-ring (bicyclic) bond motifs is 1. The van der Waals surface area contributed by atoms with E-state index >= 15 is 0 Å². The van der Waals surface area contributed by atoms with Gasteiger partial charge in [0.25, 0.3) is 5.91 Å². The number of halogens is 4. The second-order valence-corrected chi connectivity index (χ2v) is 7.91. The number of aliphatic hydroxyl groups excluding tert-OH is 1. The highest BCUT2D eigenvalue weighted by atomic mass is 127. The summed E-state index contributed by atoms with van der Waals surface area (Å²) in [4.78, 5) is 15.4. The summed E-state index contributed by atoms with van der Waals surface area (Å²) in [5.74, 6) is -2.20. The Kier molecular flexibility index (Phi) is 5.93. The Morgan fingerprint density at radius 2 is 2.00 bits per heavy atom. The van der Waals surface area contributed by atoms with Crippen LogP contribution in [0.3, 0.4) is 0 Å². The molecule has 0 saturated heterocycles. The number of nitrogens with one attached hydrogen (secondary N) is 2. The van der Waals surface area contributed by atoms with Crippen molar-refractivity contribution in [3.63, 3.8) is 0 Å². The molecule has 0 aliphatic heterocycles. The third-order valence-electron chi connectivity index (χ3n) is 4.00. The zero-order chi connectivity index (χ0) is 18.8. The van der Waals surface area contributed by atoms with E-state index in [1.54, 1.807) is 18.3 Å². The minimum atomic E-state index is -0.939. The molecule has 3 rings (SSSR count). The van der Waals surface area contributed by atoms with Crippen LogP contribution in [0.1, 0.15) is 15.9 Å². The summed E-state index contributed by atoms with van der Waals surface area (Å²) >= 11 is 5.45. The first-order valence-corrected chi connectivity index (χ1v) is 9.58. The van der Waals surface area contributed by atoms with Crippen molar-refractivity contribution in [1.29, 1.82) is 0 Å². The number of aromatic nitrogens is 1. The van der Waals surface area contributed by atoms with Crippen LogP contribution >= 0.6 is 38.5 Å². The highest BCUT2D eigenvalue weighted by Gasteiger charge is 2.18. The van der Waals surface area contributed by atoms with Crippen LogP contribution < -0.4 is 5.32 Å². The molecule has 0 bridgehead atoms. The van der Waals surface area contributed by atoms with Gasteiger partial charge in [0.15, 0.2) is 11.6 Å². The molecular weight excluding hydrogens is 521 g/mol. The van der Waals surface area contributed by atoms with Gasteiger partial charge in [-0.1, -0.05) is 0 Å². The van der Waals surface area contributed by atoms with Gasteiger partial charge in [-0.25, -0.2) is 8.78 Å². The van der Waals surface area contributed by atoms with Crippen LogP contribution in [0.2, 0.25) is 0 Å². The summed E-state index contributed by atoms with van der Waals surface area (Å²) in [7, 11) is 0. The average Bonchev–Trinajstić information content (AvgIpc) is 2.98. The second-order valence-electron chi connectivity index (χ2n) is 5.81. The predicted molar refractivity (Wildman–Crippen MR) is 107 cm³/mol. The predicted octanol–water partition coefficient (Wildman–Crippen LogP) is 4.15. The molecule has 0 saturated carbocycles. The van der Waals surface area contributed by atoms with Gasteiger partial charge in [-0.3, -0.25) is 4.79 Å². The molecule has 1 amide bonds. The first-order chi connectivity index (χ1) is 12.4. The summed E-state index contributed by atoms with van der Waals surface area (Å²) in [5, 5.41) is 12.9. The average molecular weight is 535 g/mol. The van der Waals surface area contributed by atoms with E-state index in [1.807, 2.05) is 6.07 Å². The van der Waals surface area contributed by atoms with Crippen LogP contribution in [0.4, 0.5) is 8.78 Å². The van der Waals surface area contributed by atoms with Gasteiger partial charge in [0.2, 0.25) is 0 Å². The molecule has 3 aromatic rings. The number of amides is 1. The van der Waals surface area contributed by atoms with Crippen molar-refractivity contribution in [3.8, 4) is 0 Å². The number of benzene rings is 2. The number of rotatable bonds is 5. The van der Waals surface area contributed by atoms with E-state index in [4.69, 9.17) is 0 Å². The molecule has 26 heavy (non-hydrogen) atoms. The summed E-state index contributed by atoms with van der Waals surface area (Å²) in [6, 6.07) is 7.01. The zero-order valence-electron chi connectivity index (χ0n) is 13.3. The maximum atomic E-state index is 13.5. The molecule has 136 valence electrons. The van der Waals surface area contributed by atoms with Gasteiger partial charge in [-0.2, -0.15) is 0 Å². The minimum Gasteiger partial charge on any atom is -0.394 e. The molecule has 1 heterocycles. The first-order valence-electron chi connectivity index (χ1n) is 7.71. The maximum Gasteiger partial charge on any atom is 0.252 e. The Morgan fingerprint density at radius 3 is 2.73 bits per heavy atom. The van der Waals surface area contributed by atoms with Gasteiger partial charge >= 0.3 is 0 Å². The lowest BCUT2D eigenvalue weighted by atomic mass is 10.0. The van der Waals surface area contributed by atoms with Crippen molar-refractivity contribution in [2.24, 2.45) is 0 Å². The van der Waals surface area contributed by atoms with Crippen LogP contribution in [0, 0.1) is 15.2 Å². The molecule has 4 nitrogen and oxygen atoms in total. The van der Waals surface area contributed by atoms with Crippen molar-refractivity contribution >= 4 is 55.3 Å². The van der Waals surface area contributed by atoms with Gasteiger partial charge in [-0.05, 0) is 74.8 Å². The van der Waals surface area contributed by atoms with E-state index in [9.17, 15) is 18.7 Å². The van der Waals surface area contributed by atoms with Gasteiger partial charge < -0.3 is 15.4 Å². The van der Waals surface area contributed by atoms with Crippen LogP contribution in [-0.4, -0.2) is 28.6 Å². The molecule has 0 aliphatic carbocycles. The first kappa shape index (κ1) is 19.2. The second kappa shape index (κ2) is 8.01. The fraction of sp³-hybridized carbons (Fsp3) is 0.167. The van der Waals surface area contributed by atoms with Crippen LogP contribution in [-0.2, 0) is 6.42 Å². The normalized spacial score (nSPS) is 12.3. The van der Waals surface area contributed by atoms with Gasteiger partial charge in [0.1, 0.15) is 0 Å². The molecular formula is C18H14BrF2IN2O2. The van der Waals surface area contributed by atoms with E-state index in [1.165, 1.54) is 0 Å². The number of H-pyrrole nitrogens is 1. The Morgan fingerprint density at radius 1 is 1.27 bits per heavy atom. The molecule has 0 fully saturated rings. The summed E-state index contributed by atoms with van der Waals surface area (Å²) in [6.07, 6.45) is 1.90. The van der Waals surface area contributed by atoms with Crippen LogP contribution in [0.5, 0.6) is 0 Å². The lowest BCUT2D eigenvalue weighted by Crippen LogP contribution is -2.39. The molecule has 0 spiro atoms. The van der Waals surface area contributed by atoms with Crippen LogP contribution in [0.15, 0.2) is 41.0 Å². The SMILES string of the molecule is O=C(NC(CO)Cc1c[nH]c2cc(F)c(F)cc12)c1cc(I)ccc1Br. The third-order valence-corrected chi connectivity index (χ3v) is 5.37. The quantitative estimate of drug-likeness (QED) is 0.431. The largest absolute Gasteiger partial charge is 0.394 e. The smallest absolute Gasteiger partial charge is 0.252 e. The number of carbonyl (C=O) groups excluding carboxylic acids is 1. The molecule has 8 heteroatoms. The van der Waals surface area contributed by atoms with Crippen molar-refractivity contribution in [1.82, 2.24) is 10.3 Å². The summed E-state index contributed by atoms with van der Waals surface area (Å²) < 4.78 is 28.4. The summed E-state index contributed by atoms with van der Waals surface area (Å²) in [6.45, 7) is -0.288. The Hall–Kier alpha value is -1.52. The van der Waals surface area contributed by atoms with Crippen molar-refractivity contribution in [3.05, 3.63) is 67.3 Å². The molecule has 1 unspecified atom stereocenters. The number of aliphatic hydroxyl groups is 1. The van der Waals surface area contributed by atoms with Crippen molar-refractivity contribution < 1.29 is 18.7 Å². The molecule has 1 atom stereocenters. The lowest BCUT2D eigenvalue weighted by Gasteiger charge is -2.17. The highest BCUT2D eigenvalue weighted by Crippen LogP contribution is 2.23. The van der Waals surface area contributed by atoms with E-state index in [0.717, 1.165) is 15.7 Å². The summed E-state index contributed by atoms with van der Waals surface area (Å²) in [5.41, 5.74) is 1.60. The number of hydrogen-bond acceptors (Lipinski definition) is 2. The lowest BCUT2D eigenvalue weighted by molar-refractivity contribution is 0.0915. The van der Waals surface area contributed by atoms with Gasteiger partial charge in [-0.15, -0.1) is 0 Å². The minimum absolute atomic E-state index is 0.273. The molecule has 0 aliphatic rings. The topological polar surface area (TPSA) is 65.1 Å². The van der Waals surface area contributed by atoms with Gasteiger partial charge in [0.05, 0.1) is 18.2 Å². The standard InChI is InChI=1S/C18H14BrF2IN2O2/c19-14-2-1-10(22)4-13(14)18(26)24-11(8-25)3-9-7-23-17-6-16(21)15(20)5-12(9)17/h1-2,4-7,11,23,25H,3,8H2,(H,24,26). The fourth-order valence-corrected chi connectivity index (χ4v) is 3.62. The Balaban J connectivity index is 1.81. The Bertz CT molecular complexity index is 977. The van der Waals surface area contributed by atoms with Crippen LogP contribution in [0.25, 0.3) is 10.9 Å². The molecule has 2 aromatic carbocycles.